The van der Waals surface area contributed by atoms with E-state index in [4.69, 9.17) is 4.42 Å². The van der Waals surface area contributed by atoms with E-state index in [1.807, 2.05) is 48.5 Å². The minimum Gasteiger partial charge on any atom is -0.454 e. The topological polar surface area (TPSA) is 51.1 Å². The molecule has 0 spiro atoms. The maximum absolute atomic E-state index is 12.3. The Hall–Kier alpha value is -9.76. The van der Waals surface area contributed by atoms with Gasteiger partial charge < -0.3 is 13.6 Å². The number of benzene rings is 11. The third-order valence-electron chi connectivity index (χ3n) is 15.4. The van der Waals surface area contributed by atoms with Gasteiger partial charge in [0, 0.05) is 74.4 Å². The number of para-hydroxylation sites is 2. The van der Waals surface area contributed by atoms with Crippen LogP contribution in [-0.4, -0.2) is 9.13 Å². The van der Waals surface area contributed by atoms with E-state index in [-0.39, 0.29) is 0 Å². The fourth-order valence-electron chi connectivity index (χ4n) is 12.3. The van der Waals surface area contributed by atoms with Crippen LogP contribution in [0.4, 0.5) is 5.69 Å². The number of fused-ring (bicyclic) bond motifs is 18. The summed E-state index contributed by atoms with van der Waals surface area (Å²) in [5.74, 6) is 0. The van der Waals surface area contributed by atoms with Crippen LogP contribution < -0.4 is 0 Å². The molecule has 0 fully saturated rings. The van der Waals surface area contributed by atoms with Gasteiger partial charge >= 0.3 is 0 Å². The lowest BCUT2D eigenvalue weighted by Gasteiger charge is -2.26. The predicted molar refractivity (Wildman–Crippen MR) is 315 cm³/mol. The number of hydrogen-bond acceptors (Lipinski definition) is 4. The quantitative estimate of drug-likeness (QED) is 0.161. The Kier molecular flexibility index (Phi) is 8.85. The van der Waals surface area contributed by atoms with Crippen molar-refractivity contribution in [2.75, 3.05) is 0 Å². The zero-order chi connectivity index (χ0) is 49.5. The van der Waals surface area contributed by atoms with E-state index in [0.717, 1.165) is 114 Å². The molecule has 0 aliphatic carbocycles. The van der Waals surface area contributed by atoms with Gasteiger partial charge in [-0.25, -0.2) is 4.85 Å². The molecule has 0 aliphatic heterocycles. The predicted octanol–water partition coefficient (Wildman–Crippen LogP) is 19.9. The fraction of sp³-hybridized carbons (Fsp3) is 0. The summed E-state index contributed by atoms with van der Waals surface area (Å²) in [7, 11) is 0. The number of rotatable bonds is 5. The van der Waals surface area contributed by atoms with E-state index in [1.165, 1.54) is 20.2 Å². The lowest BCUT2D eigenvalue weighted by atomic mass is 9.88. The van der Waals surface area contributed by atoms with Gasteiger partial charge in [0.2, 0.25) is 5.69 Å². The van der Waals surface area contributed by atoms with Gasteiger partial charge in [-0.05, 0) is 58.7 Å². The van der Waals surface area contributed by atoms with Gasteiger partial charge in [0.25, 0.3) is 0 Å². The third-order valence-corrected chi connectivity index (χ3v) is 17.7. The summed E-state index contributed by atoms with van der Waals surface area (Å²) >= 11 is 3.56. The van der Waals surface area contributed by atoms with Crippen molar-refractivity contribution in [1.29, 1.82) is 5.26 Å². The van der Waals surface area contributed by atoms with Gasteiger partial charge in [0.05, 0.1) is 55.0 Å². The van der Waals surface area contributed by atoms with E-state index in [2.05, 4.69) is 190 Å². The Bertz CT molecular complexity index is 5070. The molecule has 0 saturated heterocycles. The second kappa shape index (κ2) is 15.9. The minimum absolute atomic E-state index is 0.378. The van der Waals surface area contributed by atoms with Crippen molar-refractivity contribution in [3.63, 3.8) is 0 Å². The number of aromatic nitrogens is 2. The summed E-state index contributed by atoms with van der Waals surface area (Å²) < 4.78 is 16.4. The monoisotopic (exact) mass is 988 g/mol. The molecule has 75 heavy (non-hydrogen) atoms. The Morgan fingerprint density at radius 1 is 0.440 bits per heavy atom. The first kappa shape index (κ1) is 41.8. The summed E-state index contributed by atoms with van der Waals surface area (Å²) in [6.07, 6.45) is 0. The second-order valence-electron chi connectivity index (χ2n) is 19.2. The van der Waals surface area contributed by atoms with E-state index in [0.29, 0.717) is 28.2 Å². The number of nitriles is 1. The van der Waals surface area contributed by atoms with E-state index in [1.54, 1.807) is 22.7 Å². The maximum atomic E-state index is 12.3. The summed E-state index contributed by atoms with van der Waals surface area (Å²) in [5.41, 5.74) is 12.7. The lowest BCUT2D eigenvalue weighted by molar-refractivity contribution is 0.671. The molecule has 7 heteroatoms. The highest BCUT2D eigenvalue weighted by molar-refractivity contribution is 7.27. The Labute approximate surface area is 436 Å². The maximum Gasteiger partial charge on any atom is 0.220 e. The van der Waals surface area contributed by atoms with Crippen molar-refractivity contribution < 1.29 is 4.42 Å². The van der Waals surface area contributed by atoms with Crippen molar-refractivity contribution >= 4 is 134 Å². The van der Waals surface area contributed by atoms with Crippen LogP contribution in [0.15, 0.2) is 223 Å². The standard InChI is InChI=1S/C68H36N4OS2/c1-70-60-57(40-21-7-3-8-22-40)52(38-69)61(71-53-29-15-11-28-49(53)59-50(39-19-5-2-6-20-39)37-51-44-27-14-18-32-56(44)75-68(51)65(59)71)58(41-23-9-4-10-24-41)64(60)72-62-45(33-35-47-42-25-12-16-30-54(42)73-66(47)62)46-34-36-48-43-26-13-17-31-55(43)74-67(48)63(46)72/h2-37H. The van der Waals surface area contributed by atoms with E-state index >= 15 is 0 Å². The van der Waals surface area contributed by atoms with Crippen molar-refractivity contribution in [3.05, 3.63) is 235 Å². The molecule has 0 N–H and O–H groups in total. The molecule has 11 aromatic carbocycles. The van der Waals surface area contributed by atoms with E-state index < -0.39 is 0 Å². The largest absolute Gasteiger partial charge is 0.454 e. The minimum atomic E-state index is 0.378. The molecule has 5 aromatic heterocycles. The van der Waals surface area contributed by atoms with Crippen molar-refractivity contribution in [1.82, 2.24) is 9.13 Å². The summed E-state index contributed by atoms with van der Waals surface area (Å²) in [6, 6.07) is 79.5. The highest BCUT2D eigenvalue weighted by atomic mass is 32.1. The Balaban J connectivity index is 1.22. The van der Waals surface area contributed by atoms with Crippen LogP contribution >= 0.6 is 22.7 Å². The molecule has 0 saturated carbocycles. The van der Waals surface area contributed by atoms with Crippen LogP contribution in [-0.2, 0) is 0 Å². The van der Waals surface area contributed by atoms with E-state index in [9.17, 15) is 11.8 Å². The molecule has 0 unspecified atom stereocenters. The smallest absolute Gasteiger partial charge is 0.220 e. The molecular weight excluding hydrogens is 953 g/mol. The molecule has 0 bridgehead atoms. The normalized spacial score (nSPS) is 12.0. The van der Waals surface area contributed by atoms with Crippen LogP contribution in [0.25, 0.3) is 155 Å². The van der Waals surface area contributed by atoms with Crippen LogP contribution in [0, 0.1) is 17.9 Å². The molecule has 0 radical (unpaired) electrons. The van der Waals surface area contributed by atoms with Crippen LogP contribution in [0.1, 0.15) is 5.56 Å². The SMILES string of the molecule is [C-]#[N+]c1c(-c2ccccc2)c(C#N)c(-n2c3ccccc3c3c(-c4ccccc4)cc4c5ccccc5sc4c32)c(-c2ccccc2)c1-n1c2c(ccc3c4ccccc4oc32)c2ccc3c4ccccc4sc3c21. The molecule has 0 amide bonds. The molecule has 0 aliphatic rings. The van der Waals surface area contributed by atoms with Crippen molar-refractivity contribution in [2.45, 2.75) is 0 Å². The third kappa shape index (κ3) is 5.74. The molecule has 16 aromatic rings. The van der Waals surface area contributed by atoms with Crippen LogP contribution in [0.2, 0.25) is 0 Å². The zero-order valence-corrected chi connectivity index (χ0v) is 41.4. The summed E-state index contributed by atoms with van der Waals surface area (Å²) in [6.45, 7) is 9.60. The molecule has 346 valence electrons. The molecular formula is C68H36N4OS2. The molecule has 16 rings (SSSR count). The number of nitrogens with zero attached hydrogens (tertiary/aromatic N) is 4. The van der Waals surface area contributed by atoms with Gasteiger partial charge in [-0.15, -0.1) is 22.7 Å². The fourth-order valence-corrected chi connectivity index (χ4v) is 14.8. The van der Waals surface area contributed by atoms with Gasteiger partial charge in [-0.2, -0.15) is 5.26 Å². The Morgan fingerprint density at radius 2 is 0.973 bits per heavy atom. The summed E-state index contributed by atoms with van der Waals surface area (Å²) in [5, 5.41) is 23.1. The first-order chi connectivity index (χ1) is 37.2. The van der Waals surface area contributed by atoms with Crippen LogP contribution in [0.5, 0.6) is 0 Å². The molecule has 5 nitrogen and oxygen atoms in total. The highest BCUT2D eigenvalue weighted by Gasteiger charge is 2.34. The van der Waals surface area contributed by atoms with Crippen molar-refractivity contribution in [3.8, 4) is 50.8 Å². The van der Waals surface area contributed by atoms with Gasteiger partial charge in [0.1, 0.15) is 11.7 Å². The zero-order valence-electron chi connectivity index (χ0n) is 39.8. The van der Waals surface area contributed by atoms with Gasteiger partial charge in [0.15, 0.2) is 5.58 Å². The Morgan fingerprint density at radius 3 is 1.65 bits per heavy atom. The summed E-state index contributed by atoms with van der Waals surface area (Å²) in [4.78, 5) is 4.68. The van der Waals surface area contributed by atoms with Crippen LogP contribution in [0.3, 0.4) is 0 Å². The van der Waals surface area contributed by atoms with Crippen molar-refractivity contribution in [2.24, 2.45) is 0 Å². The average molecular weight is 989 g/mol. The lowest BCUT2D eigenvalue weighted by Crippen LogP contribution is -2.09. The average Bonchev–Trinajstić information content (AvgIpc) is 4.41. The molecule has 0 atom stereocenters. The number of hydrogen-bond donors (Lipinski definition) is 0. The number of thiophene rings is 2. The van der Waals surface area contributed by atoms with Gasteiger partial charge in [-0.3, -0.25) is 0 Å². The highest BCUT2D eigenvalue weighted by Crippen LogP contribution is 2.56. The first-order valence-electron chi connectivity index (χ1n) is 24.9. The second-order valence-corrected chi connectivity index (χ2v) is 21.3. The van der Waals surface area contributed by atoms with Gasteiger partial charge in [-0.1, -0.05) is 182 Å². The first-order valence-corrected chi connectivity index (χ1v) is 26.6. The number of furan rings is 1. The molecule has 5 heterocycles.